The van der Waals surface area contributed by atoms with Crippen molar-refractivity contribution in [3.8, 4) is 0 Å². The zero-order valence-electron chi connectivity index (χ0n) is 6.06. The molecule has 0 nitrogen and oxygen atoms in total. The standard InChI is InChI=1S/C9H14/c1-2-8-5-7-3-4-9(8)6-7/h4,7-8H,2-3,5-6H2,1H3. The van der Waals surface area contributed by atoms with Gasteiger partial charge in [-0.2, -0.15) is 0 Å². The first kappa shape index (κ1) is 5.52. The first-order chi connectivity index (χ1) is 4.40. The van der Waals surface area contributed by atoms with Crippen LogP contribution in [0.2, 0.25) is 0 Å². The summed E-state index contributed by atoms with van der Waals surface area (Å²) < 4.78 is 0. The molecule has 0 heteroatoms. The van der Waals surface area contributed by atoms with Gasteiger partial charge in [0.05, 0.1) is 0 Å². The summed E-state index contributed by atoms with van der Waals surface area (Å²) in [7, 11) is 0. The Bertz CT molecular complexity index is 144. The third kappa shape index (κ3) is 0.726. The molecule has 1 fully saturated rings. The lowest BCUT2D eigenvalue weighted by molar-refractivity contribution is 0.484. The molecule has 2 aliphatic carbocycles. The maximum atomic E-state index is 2.47. The predicted octanol–water partition coefficient (Wildman–Crippen LogP) is 2.75. The second-order valence-electron chi connectivity index (χ2n) is 3.43. The van der Waals surface area contributed by atoms with Gasteiger partial charge < -0.3 is 0 Å². The highest BCUT2D eigenvalue weighted by Crippen LogP contribution is 2.44. The summed E-state index contributed by atoms with van der Waals surface area (Å²) in [5.41, 5.74) is 1.78. The highest BCUT2D eigenvalue weighted by Gasteiger charge is 2.31. The molecule has 0 amide bonds. The van der Waals surface area contributed by atoms with Crippen LogP contribution in [0.25, 0.3) is 0 Å². The van der Waals surface area contributed by atoms with Gasteiger partial charge >= 0.3 is 0 Å². The molecule has 2 aliphatic rings. The molecule has 0 spiro atoms. The number of hydrogen-bond acceptors (Lipinski definition) is 0. The molecule has 0 heterocycles. The van der Waals surface area contributed by atoms with E-state index >= 15 is 0 Å². The fourth-order valence-corrected chi connectivity index (χ4v) is 2.31. The Morgan fingerprint density at radius 1 is 1.67 bits per heavy atom. The SMILES string of the molecule is CCC1CC2CC=C1C2. The Kier molecular flexibility index (Phi) is 1.14. The average Bonchev–Trinajstić information content (AvgIpc) is 2.45. The van der Waals surface area contributed by atoms with E-state index in [9.17, 15) is 0 Å². The van der Waals surface area contributed by atoms with Crippen LogP contribution in [-0.4, -0.2) is 0 Å². The minimum Gasteiger partial charge on any atom is -0.0848 e. The Morgan fingerprint density at radius 3 is 2.89 bits per heavy atom. The van der Waals surface area contributed by atoms with Gasteiger partial charge in [-0.3, -0.25) is 0 Å². The Morgan fingerprint density at radius 2 is 2.56 bits per heavy atom. The van der Waals surface area contributed by atoms with E-state index in [-0.39, 0.29) is 0 Å². The third-order valence-corrected chi connectivity index (χ3v) is 2.87. The van der Waals surface area contributed by atoms with Crippen LogP contribution in [-0.2, 0) is 0 Å². The second-order valence-corrected chi connectivity index (χ2v) is 3.43. The molecule has 2 unspecified atom stereocenters. The molecule has 0 aromatic rings. The first-order valence-electron chi connectivity index (χ1n) is 4.09. The van der Waals surface area contributed by atoms with Gasteiger partial charge in [-0.15, -0.1) is 0 Å². The molecule has 0 saturated heterocycles. The van der Waals surface area contributed by atoms with E-state index in [1.54, 1.807) is 5.57 Å². The topological polar surface area (TPSA) is 0 Å². The average molecular weight is 122 g/mol. The lowest BCUT2D eigenvalue weighted by atomic mass is 9.94. The Balaban J connectivity index is 2.15. The molecule has 0 aliphatic heterocycles. The van der Waals surface area contributed by atoms with Crippen molar-refractivity contribution in [1.29, 1.82) is 0 Å². The summed E-state index contributed by atoms with van der Waals surface area (Å²) >= 11 is 0. The molecule has 9 heavy (non-hydrogen) atoms. The van der Waals surface area contributed by atoms with E-state index in [4.69, 9.17) is 0 Å². The van der Waals surface area contributed by atoms with Gasteiger partial charge in [0.2, 0.25) is 0 Å². The van der Waals surface area contributed by atoms with Crippen LogP contribution in [0.4, 0.5) is 0 Å². The van der Waals surface area contributed by atoms with Crippen molar-refractivity contribution in [1.82, 2.24) is 0 Å². The molecule has 1 saturated carbocycles. The van der Waals surface area contributed by atoms with Crippen molar-refractivity contribution in [3.05, 3.63) is 11.6 Å². The van der Waals surface area contributed by atoms with E-state index < -0.39 is 0 Å². The monoisotopic (exact) mass is 122 g/mol. The van der Waals surface area contributed by atoms with Gasteiger partial charge in [-0.1, -0.05) is 18.6 Å². The van der Waals surface area contributed by atoms with Gasteiger partial charge in [0.15, 0.2) is 0 Å². The lowest BCUT2D eigenvalue weighted by Crippen LogP contribution is -1.99. The molecular formula is C9H14. The second kappa shape index (κ2) is 1.86. The van der Waals surface area contributed by atoms with Gasteiger partial charge in [-0.05, 0) is 37.5 Å². The zero-order chi connectivity index (χ0) is 6.27. The van der Waals surface area contributed by atoms with Crippen molar-refractivity contribution in [2.24, 2.45) is 11.8 Å². The fraction of sp³-hybridized carbons (Fsp3) is 0.778. The van der Waals surface area contributed by atoms with E-state index in [0.29, 0.717) is 0 Å². The lowest BCUT2D eigenvalue weighted by Gasteiger charge is -2.11. The molecule has 0 N–H and O–H groups in total. The number of fused-ring (bicyclic) bond motifs is 2. The van der Waals surface area contributed by atoms with Crippen LogP contribution in [0.15, 0.2) is 11.6 Å². The number of hydrogen-bond donors (Lipinski definition) is 0. The van der Waals surface area contributed by atoms with Gasteiger partial charge in [0.1, 0.15) is 0 Å². The summed E-state index contributed by atoms with van der Waals surface area (Å²) in [5, 5.41) is 0. The fourth-order valence-electron chi connectivity index (χ4n) is 2.31. The van der Waals surface area contributed by atoms with Crippen LogP contribution in [0.3, 0.4) is 0 Å². The van der Waals surface area contributed by atoms with E-state index in [2.05, 4.69) is 13.0 Å². The summed E-state index contributed by atoms with van der Waals surface area (Å²) in [6.07, 6.45) is 8.19. The van der Waals surface area contributed by atoms with Crippen LogP contribution >= 0.6 is 0 Å². The van der Waals surface area contributed by atoms with Gasteiger partial charge in [0, 0.05) is 0 Å². The van der Waals surface area contributed by atoms with Gasteiger partial charge in [0.25, 0.3) is 0 Å². The molecule has 0 aromatic carbocycles. The maximum Gasteiger partial charge on any atom is -0.0203 e. The van der Waals surface area contributed by atoms with Crippen LogP contribution in [0, 0.1) is 11.8 Å². The normalized spacial score (nSPS) is 39.4. The molecule has 0 radical (unpaired) electrons. The van der Waals surface area contributed by atoms with E-state index in [1.165, 1.54) is 25.7 Å². The van der Waals surface area contributed by atoms with Crippen molar-refractivity contribution in [3.63, 3.8) is 0 Å². The number of allylic oxidation sites excluding steroid dienone is 2. The zero-order valence-corrected chi connectivity index (χ0v) is 6.06. The highest BCUT2D eigenvalue weighted by molar-refractivity contribution is 5.19. The van der Waals surface area contributed by atoms with Crippen LogP contribution < -0.4 is 0 Å². The van der Waals surface area contributed by atoms with Crippen molar-refractivity contribution in [2.45, 2.75) is 32.6 Å². The van der Waals surface area contributed by atoms with Crippen LogP contribution in [0.1, 0.15) is 32.6 Å². The van der Waals surface area contributed by atoms with Crippen molar-refractivity contribution >= 4 is 0 Å². The molecule has 2 rings (SSSR count). The van der Waals surface area contributed by atoms with E-state index in [0.717, 1.165) is 11.8 Å². The predicted molar refractivity (Wildman–Crippen MR) is 39.2 cm³/mol. The molecular weight excluding hydrogens is 108 g/mol. The summed E-state index contributed by atoms with van der Waals surface area (Å²) in [6, 6.07) is 0. The van der Waals surface area contributed by atoms with Crippen molar-refractivity contribution < 1.29 is 0 Å². The van der Waals surface area contributed by atoms with Gasteiger partial charge in [-0.25, -0.2) is 0 Å². The smallest absolute Gasteiger partial charge is 0.0203 e. The molecule has 2 atom stereocenters. The third-order valence-electron chi connectivity index (χ3n) is 2.87. The quantitative estimate of drug-likeness (QED) is 0.469. The number of rotatable bonds is 1. The minimum atomic E-state index is 0.990. The maximum absolute atomic E-state index is 2.47. The summed E-state index contributed by atoms with van der Waals surface area (Å²) in [5.74, 6) is 2.05. The van der Waals surface area contributed by atoms with E-state index in [1.807, 2.05) is 0 Å². The van der Waals surface area contributed by atoms with Crippen LogP contribution in [0.5, 0.6) is 0 Å². The Labute approximate surface area is 57.0 Å². The first-order valence-corrected chi connectivity index (χ1v) is 4.09. The molecule has 0 aromatic heterocycles. The largest absolute Gasteiger partial charge is 0.0848 e. The molecule has 50 valence electrons. The van der Waals surface area contributed by atoms with Crippen molar-refractivity contribution in [2.75, 3.05) is 0 Å². The minimum absolute atomic E-state index is 0.990. The summed E-state index contributed by atoms with van der Waals surface area (Å²) in [6.45, 7) is 2.31. The Hall–Kier alpha value is -0.260. The highest BCUT2D eigenvalue weighted by atomic mass is 14.4. The summed E-state index contributed by atoms with van der Waals surface area (Å²) in [4.78, 5) is 0. The molecule has 2 bridgehead atoms.